The molecule has 0 radical (unpaired) electrons. The molecule has 1 fully saturated rings. The second kappa shape index (κ2) is 6.50. The highest BCUT2D eigenvalue weighted by Gasteiger charge is 2.29. The molecule has 0 bridgehead atoms. The zero-order chi connectivity index (χ0) is 16.3. The van der Waals surface area contributed by atoms with E-state index in [9.17, 15) is 9.59 Å². The third-order valence-corrected chi connectivity index (χ3v) is 3.91. The van der Waals surface area contributed by atoms with Crippen molar-refractivity contribution in [2.24, 2.45) is 0 Å². The van der Waals surface area contributed by atoms with Crippen LogP contribution in [0.5, 0.6) is 0 Å². The zero-order valence-electron chi connectivity index (χ0n) is 13.9. The van der Waals surface area contributed by atoms with Crippen LogP contribution in [0, 0.1) is 6.92 Å². The predicted octanol–water partition coefficient (Wildman–Crippen LogP) is 2.02. The number of amides is 2. The van der Waals surface area contributed by atoms with Gasteiger partial charge < -0.3 is 14.7 Å². The van der Waals surface area contributed by atoms with Crippen molar-refractivity contribution < 1.29 is 14.1 Å². The Morgan fingerprint density at radius 2 is 1.86 bits per heavy atom. The summed E-state index contributed by atoms with van der Waals surface area (Å²) in [6, 6.07) is 0. The van der Waals surface area contributed by atoms with E-state index < -0.39 is 0 Å². The summed E-state index contributed by atoms with van der Waals surface area (Å²) in [4.78, 5) is 26.3. The van der Waals surface area contributed by atoms with E-state index in [1.165, 1.54) is 6.42 Å². The maximum Gasteiger partial charge on any atom is 0.257 e. The lowest BCUT2D eigenvalue weighted by Crippen LogP contribution is -2.42. The molecule has 1 N–H and O–H groups in total. The van der Waals surface area contributed by atoms with Crippen LogP contribution in [0.2, 0.25) is 0 Å². The van der Waals surface area contributed by atoms with E-state index in [4.69, 9.17) is 4.52 Å². The molecule has 6 heteroatoms. The fourth-order valence-electron chi connectivity index (χ4n) is 2.65. The van der Waals surface area contributed by atoms with Crippen LogP contribution in [0.4, 0.5) is 0 Å². The van der Waals surface area contributed by atoms with Gasteiger partial charge >= 0.3 is 0 Å². The van der Waals surface area contributed by atoms with Gasteiger partial charge in [-0.05, 0) is 26.2 Å². The van der Waals surface area contributed by atoms with E-state index in [1.54, 1.807) is 6.92 Å². The van der Waals surface area contributed by atoms with Crippen molar-refractivity contribution in [2.75, 3.05) is 19.6 Å². The summed E-state index contributed by atoms with van der Waals surface area (Å²) in [6.45, 7) is 9.22. The minimum absolute atomic E-state index is 0.0209. The van der Waals surface area contributed by atoms with Gasteiger partial charge in [-0.25, -0.2) is 0 Å². The lowest BCUT2D eigenvalue weighted by atomic mass is 9.88. The Labute approximate surface area is 131 Å². The number of nitrogens with one attached hydrogen (secondary N) is 1. The Balaban J connectivity index is 2.01. The Bertz CT molecular complexity index is 551. The molecule has 2 heterocycles. The van der Waals surface area contributed by atoms with Gasteiger partial charge in [0.1, 0.15) is 17.0 Å². The maximum atomic E-state index is 12.4. The summed E-state index contributed by atoms with van der Waals surface area (Å²) in [5, 5.41) is 6.70. The molecule has 1 aliphatic heterocycles. The highest BCUT2D eigenvalue weighted by atomic mass is 16.5. The van der Waals surface area contributed by atoms with Crippen molar-refractivity contribution in [2.45, 2.75) is 52.4 Å². The van der Waals surface area contributed by atoms with Crippen molar-refractivity contribution in [3.8, 4) is 0 Å². The molecule has 0 aliphatic carbocycles. The molecule has 1 aromatic rings. The zero-order valence-corrected chi connectivity index (χ0v) is 13.9. The molecule has 1 aliphatic rings. The van der Waals surface area contributed by atoms with Crippen LogP contribution in [0.25, 0.3) is 0 Å². The number of aryl methyl sites for hydroxylation is 1. The third-order valence-electron chi connectivity index (χ3n) is 3.91. The molecule has 2 rings (SSSR count). The number of hydrogen-bond donors (Lipinski definition) is 1. The van der Waals surface area contributed by atoms with Gasteiger partial charge in [0.15, 0.2) is 0 Å². The van der Waals surface area contributed by atoms with Gasteiger partial charge in [-0.15, -0.1) is 0 Å². The summed E-state index contributed by atoms with van der Waals surface area (Å²) in [6.07, 6.45) is 3.25. The number of carbonyl (C=O) groups excluding carboxylic acids is 2. The van der Waals surface area contributed by atoms with Crippen LogP contribution in [0.3, 0.4) is 0 Å². The largest absolute Gasteiger partial charge is 0.361 e. The first-order chi connectivity index (χ1) is 10.3. The van der Waals surface area contributed by atoms with E-state index in [2.05, 4.69) is 10.5 Å². The van der Waals surface area contributed by atoms with Gasteiger partial charge in [0, 0.05) is 18.5 Å². The second-order valence-corrected chi connectivity index (χ2v) is 6.84. The molecule has 2 amide bonds. The van der Waals surface area contributed by atoms with Crippen molar-refractivity contribution in [3.05, 3.63) is 17.0 Å². The van der Waals surface area contributed by atoms with Gasteiger partial charge in [-0.1, -0.05) is 25.9 Å². The Kier molecular flexibility index (Phi) is 4.88. The number of carbonyl (C=O) groups is 2. The topological polar surface area (TPSA) is 75.4 Å². The van der Waals surface area contributed by atoms with Crippen molar-refractivity contribution in [1.29, 1.82) is 0 Å². The summed E-state index contributed by atoms with van der Waals surface area (Å²) >= 11 is 0. The lowest BCUT2D eigenvalue weighted by molar-refractivity contribution is -0.130. The summed E-state index contributed by atoms with van der Waals surface area (Å²) in [5.41, 5.74) is 0.772. The first-order valence-corrected chi connectivity index (χ1v) is 7.83. The molecule has 0 unspecified atom stereocenters. The quantitative estimate of drug-likeness (QED) is 0.927. The van der Waals surface area contributed by atoms with Gasteiger partial charge in [-0.3, -0.25) is 9.59 Å². The smallest absolute Gasteiger partial charge is 0.257 e. The number of hydrogen-bond acceptors (Lipinski definition) is 4. The van der Waals surface area contributed by atoms with E-state index in [0.29, 0.717) is 17.0 Å². The van der Waals surface area contributed by atoms with Crippen LogP contribution in [-0.2, 0) is 10.2 Å². The number of aromatic nitrogens is 1. The molecule has 0 aromatic carbocycles. The van der Waals surface area contributed by atoms with E-state index in [0.717, 1.165) is 25.9 Å². The average Bonchev–Trinajstić information content (AvgIpc) is 2.87. The first-order valence-electron chi connectivity index (χ1n) is 7.83. The maximum absolute atomic E-state index is 12.4. The lowest BCUT2D eigenvalue weighted by Gasteiger charge is -2.26. The van der Waals surface area contributed by atoms with Crippen molar-refractivity contribution in [3.63, 3.8) is 0 Å². The number of piperidine rings is 1. The van der Waals surface area contributed by atoms with E-state index in [1.807, 2.05) is 25.7 Å². The molecule has 0 saturated carbocycles. The van der Waals surface area contributed by atoms with Gasteiger partial charge in [-0.2, -0.15) is 0 Å². The summed E-state index contributed by atoms with van der Waals surface area (Å²) in [7, 11) is 0. The summed E-state index contributed by atoms with van der Waals surface area (Å²) in [5.74, 6) is 0.154. The standard InChI is InChI=1S/C16H25N3O3/c1-11-13(14(18-22-11)16(2,3)4)15(21)17-10-12(20)19-8-6-5-7-9-19/h5-10H2,1-4H3,(H,17,21). The molecular weight excluding hydrogens is 282 g/mol. The highest BCUT2D eigenvalue weighted by molar-refractivity contribution is 5.98. The monoisotopic (exact) mass is 307 g/mol. The minimum atomic E-state index is -0.297. The van der Waals surface area contributed by atoms with Gasteiger partial charge in [0.05, 0.1) is 6.54 Å². The summed E-state index contributed by atoms with van der Waals surface area (Å²) < 4.78 is 5.16. The van der Waals surface area contributed by atoms with Crippen LogP contribution >= 0.6 is 0 Å². The second-order valence-electron chi connectivity index (χ2n) is 6.84. The van der Waals surface area contributed by atoms with Crippen LogP contribution in [0.1, 0.15) is 61.8 Å². The van der Waals surface area contributed by atoms with Crippen LogP contribution < -0.4 is 5.32 Å². The molecule has 6 nitrogen and oxygen atoms in total. The Morgan fingerprint density at radius 3 is 2.45 bits per heavy atom. The number of likely N-dealkylation sites (tertiary alicyclic amines) is 1. The van der Waals surface area contributed by atoms with Gasteiger partial charge in [0.2, 0.25) is 5.91 Å². The molecular formula is C16H25N3O3. The van der Waals surface area contributed by atoms with Gasteiger partial charge in [0.25, 0.3) is 5.91 Å². The number of rotatable bonds is 3. The first kappa shape index (κ1) is 16.5. The molecule has 22 heavy (non-hydrogen) atoms. The third kappa shape index (κ3) is 3.67. The predicted molar refractivity (Wildman–Crippen MR) is 82.7 cm³/mol. The Hall–Kier alpha value is -1.85. The highest BCUT2D eigenvalue weighted by Crippen LogP contribution is 2.26. The molecule has 0 spiro atoms. The molecule has 1 saturated heterocycles. The normalized spacial score (nSPS) is 15.7. The number of nitrogens with zero attached hydrogens (tertiary/aromatic N) is 2. The van der Waals surface area contributed by atoms with Crippen molar-refractivity contribution in [1.82, 2.24) is 15.4 Å². The fraction of sp³-hybridized carbons (Fsp3) is 0.688. The SMILES string of the molecule is Cc1onc(C(C)(C)C)c1C(=O)NCC(=O)N1CCCCC1. The van der Waals surface area contributed by atoms with Crippen LogP contribution in [0.15, 0.2) is 4.52 Å². The molecule has 0 atom stereocenters. The fourth-order valence-corrected chi connectivity index (χ4v) is 2.65. The van der Waals surface area contributed by atoms with Crippen molar-refractivity contribution >= 4 is 11.8 Å². The molecule has 1 aromatic heterocycles. The average molecular weight is 307 g/mol. The van der Waals surface area contributed by atoms with E-state index in [-0.39, 0.29) is 23.8 Å². The van der Waals surface area contributed by atoms with Crippen LogP contribution in [-0.4, -0.2) is 41.5 Å². The molecule has 122 valence electrons. The minimum Gasteiger partial charge on any atom is -0.361 e. The van der Waals surface area contributed by atoms with E-state index >= 15 is 0 Å². The Morgan fingerprint density at radius 1 is 1.23 bits per heavy atom.